The van der Waals surface area contributed by atoms with Gasteiger partial charge in [0, 0.05) is 23.3 Å². The van der Waals surface area contributed by atoms with Gasteiger partial charge in [-0.2, -0.15) is 0 Å². The van der Waals surface area contributed by atoms with E-state index in [-0.39, 0.29) is 0 Å². The monoisotopic (exact) mass is 244 g/mol. The van der Waals surface area contributed by atoms with Crippen LogP contribution in [0.3, 0.4) is 0 Å². The number of nitrogens with two attached hydrogens (primary N) is 1. The zero-order valence-corrected chi connectivity index (χ0v) is 9.57. The third-order valence-corrected chi connectivity index (χ3v) is 2.75. The SMILES string of the molecule is Nc1cccc(-c2c[nH]c3ncc(Cl)cc23)n1. The summed E-state index contributed by atoms with van der Waals surface area (Å²) < 4.78 is 0. The van der Waals surface area contributed by atoms with Crippen molar-refractivity contribution < 1.29 is 0 Å². The Bertz CT molecular complexity index is 690. The summed E-state index contributed by atoms with van der Waals surface area (Å²) in [7, 11) is 0. The Labute approximate surface area is 102 Å². The molecule has 3 heterocycles. The van der Waals surface area contributed by atoms with E-state index in [9.17, 15) is 0 Å². The van der Waals surface area contributed by atoms with Crippen molar-refractivity contribution in [1.82, 2.24) is 15.0 Å². The van der Waals surface area contributed by atoms with Gasteiger partial charge in [-0.05, 0) is 18.2 Å². The summed E-state index contributed by atoms with van der Waals surface area (Å²) in [4.78, 5) is 11.6. The first-order valence-corrected chi connectivity index (χ1v) is 5.47. The summed E-state index contributed by atoms with van der Waals surface area (Å²) in [6.07, 6.45) is 3.47. The highest BCUT2D eigenvalue weighted by Crippen LogP contribution is 2.28. The number of aromatic amines is 1. The molecule has 0 amide bonds. The topological polar surface area (TPSA) is 67.6 Å². The van der Waals surface area contributed by atoms with E-state index in [1.807, 2.05) is 24.4 Å². The molecule has 0 aliphatic heterocycles. The molecule has 0 unspecified atom stereocenters. The number of nitrogens with one attached hydrogen (secondary N) is 1. The number of H-pyrrole nitrogens is 1. The zero-order valence-electron chi connectivity index (χ0n) is 8.81. The fourth-order valence-electron chi connectivity index (χ4n) is 1.79. The fraction of sp³-hybridized carbons (Fsp3) is 0. The first-order chi connectivity index (χ1) is 8.24. The molecule has 0 saturated carbocycles. The van der Waals surface area contributed by atoms with Crippen molar-refractivity contribution in [1.29, 1.82) is 0 Å². The van der Waals surface area contributed by atoms with Crippen LogP contribution in [0, 0.1) is 0 Å². The van der Waals surface area contributed by atoms with Crippen molar-refractivity contribution in [2.45, 2.75) is 0 Å². The Morgan fingerprint density at radius 3 is 3.00 bits per heavy atom. The first-order valence-electron chi connectivity index (χ1n) is 5.09. The Balaban J connectivity index is 2.27. The van der Waals surface area contributed by atoms with Crippen molar-refractivity contribution in [2.75, 3.05) is 5.73 Å². The molecule has 3 N–H and O–H groups in total. The Morgan fingerprint density at radius 1 is 1.29 bits per heavy atom. The normalized spacial score (nSPS) is 10.9. The smallest absolute Gasteiger partial charge is 0.138 e. The highest BCUT2D eigenvalue weighted by molar-refractivity contribution is 6.31. The second kappa shape index (κ2) is 3.75. The lowest BCUT2D eigenvalue weighted by atomic mass is 10.1. The summed E-state index contributed by atoms with van der Waals surface area (Å²) in [5, 5.41) is 1.54. The predicted octanol–water partition coefficient (Wildman–Crippen LogP) is 2.86. The molecule has 5 heteroatoms. The number of nitrogen functional groups attached to an aromatic ring is 1. The lowest BCUT2D eigenvalue weighted by Gasteiger charge is -2.00. The zero-order chi connectivity index (χ0) is 11.8. The van der Waals surface area contributed by atoms with Crippen LogP contribution in [-0.2, 0) is 0 Å². The number of aromatic nitrogens is 3. The van der Waals surface area contributed by atoms with Crippen LogP contribution < -0.4 is 5.73 Å². The molecule has 3 aromatic heterocycles. The van der Waals surface area contributed by atoms with Crippen LogP contribution in [0.5, 0.6) is 0 Å². The van der Waals surface area contributed by atoms with Gasteiger partial charge in [-0.15, -0.1) is 0 Å². The molecular formula is C12H9ClN4. The average Bonchev–Trinajstić information content (AvgIpc) is 2.71. The molecule has 4 nitrogen and oxygen atoms in total. The van der Waals surface area contributed by atoms with Gasteiger partial charge in [0.05, 0.1) is 10.7 Å². The number of rotatable bonds is 1. The van der Waals surface area contributed by atoms with E-state index in [4.69, 9.17) is 17.3 Å². The number of anilines is 1. The molecule has 0 saturated heterocycles. The van der Waals surface area contributed by atoms with Gasteiger partial charge in [-0.3, -0.25) is 0 Å². The molecule has 0 radical (unpaired) electrons. The lowest BCUT2D eigenvalue weighted by Crippen LogP contribution is -1.90. The maximum Gasteiger partial charge on any atom is 0.138 e. The van der Waals surface area contributed by atoms with Gasteiger partial charge in [0.25, 0.3) is 0 Å². The number of hydrogen-bond acceptors (Lipinski definition) is 3. The number of pyridine rings is 2. The molecule has 0 bridgehead atoms. The molecule has 0 aliphatic rings. The number of halogens is 1. The van der Waals surface area contributed by atoms with Gasteiger partial charge in [0.15, 0.2) is 0 Å². The van der Waals surface area contributed by atoms with E-state index in [0.717, 1.165) is 22.3 Å². The van der Waals surface area contributed by atoms with Crippen LogP contribution in [0.15, 0.2) is 36.7 Å². The van der Waals surface area contributed by atoms with Crippen molar-refractivity contribution in [3.05, 3.63) is 41.7 Å². The van der Waals surface area contributed by atoms with Crippen LogP contribution >= 0.6 is 11.6 Å². The van der Waals surface area contributed by atoms with Crippen LogP contribution in [-0.4, -0.2) is 15.0 Å². The molecule has 0 aromatic carbocycles. The molecule has 0 aliphatic carbocycles. The van der Waals surface area contributed by atoms with Crippen LogP contribution in [0.2, 0.25) is 5.02 Å². The minimum Gasteiger partial charge on any atom is -0.384 e. The third-order valence-electron chi connectivity index (χ3n) is 2.54. The Hall–Kier alpha value is -2.07. The minimum absolute atomic E-state index is 0.492. The Kier molecular flexibility index (Phi) is 2.23. The van der Waals surface area contributed by atoms with E-state index < -0.39 is 0 Å². The van der Waals surface area contributed by atoms with Gasteiger partial charge in [-0.1, -0.05) is 17.7 Å². The molecule has 17 heavy (non-hydrogen) atoms. The van der Waals surface area contributed by atoms with E-state index in [0.29, 0.717) is 10.8 Å². The molecule has 3 rings (SSSR count). The van der Waals surface area contributed by atoms with Crippen molar-refractivity contribution in [2.24, 2.45) is 0 Å². The highest BCUT2D eigenvalue weighted by Gasteiger charge is 2.08. The number of hydrogen-bond donors (Lipinski definition) is 2. The van der Waals surface area contributed by atoms with Crippen molar-refractivity contribution in [3.63, 3.8) is 0 Å². The quantitative estimate of drug-likeness (QED) is 0.692. The van der Waals surface area contributed by atoms with Crippen LogP contribution in [0.1, 0.15) is 0 Å². The van der Waals surface area contributed by atoms with Crippen molar-refractivity contribution >= 4 is 28.5 Å². The summed E-state index contributed by atoms with van der Waals surface area (Å²) in [6.45, 7) is 0. The number of fused-ring (bicyclic) bond motifs is 1. The van der Waals surface area contributed by atoms with E-state index >= 15 is 0 Å². The molecule has 84 valence electrons. The highest BCUT2D eigenvalue weighted by atomic mass is 35.5. The van der Waals surface area contributed by atoms with E-state index in [2.05, 4.69) is 15.0 Å². The summed E-state index contributed by atoms with van der Waals surface area (Å²) >= 11 is 5.94. The van der Waals surface area contributed by atoms with Gasteiger partial charge in [0.1, 0.15) is 11.5 Å². The van der Waals surface area contributed by atoms with Crippen molar-refractivity contribution in [3.8, 4) is 11.3 Å². The molecule has 0 atom stereocenters. The third kappa shape index (κ3) is 1.72. The largest absolute Gasteiger partial charge is 0.384 e. The molecular weight excluding hydrogens is 236 g/mol. The second-order valence-corrected chi connectivity index (χ2v) is 4.14. The molecule has 0 spiro atoms. The Morgan fingerprint density at radius 2 is 2.18 bits per heavy atom. The first kappa shape index (κ1) is 10.1. The standard InChI is InChI=1S/C12H9ClN4/c13-7-4-8-9(6-16-12(8)15-5-7)10-2-1-3-11(14)17-10/h1-6H,(H2,14,17)(H,15,16). The second-order valence-electron chi connectivity index (χ2n) is 3.70. The van der Waals surface area contributed by atoms with Crippen LogP contribution in [0.25, 0.3) is 22.3 Å². The van der Waals surface area contributed by atoms with Gasteiger partial charge >= 0.3 is 0 Å². The lowest BCUT2D eigenvalue weighted by molar-refractivity contribution is 1.32. The predicted molar refractivity (Wildman–Crippen MR) is 68.7 cm³/mol. The molecule has 3 aromatic rings. The van der Waals surface area contributed by atoms with Gasteiger partial charge in [-0.25, -0.2) is 9.97 Å². The summed E-state index contributed by atoms with van der Waals surface area (Å²) in [5.74, 6) is 0.492. The average molecular weight is 245 g/mol. The summed E-state index contributed by atoms with van der Waals surface area (Å²) in [5.41, 5.74) is 8.21. The van der Waals surface area contributed by atoms with E-state index in [1.165, 1.54) is 0 Å². The van der Waals surface area contributed by atoms with Crippen LogP contribution in [0.4, 0.5) is 5.82 Å². The number of nitrogens with zero attached hydrogens (tertiary/aromatic N) is 2. The minimum atomic E-state index is 0.492. The maximum atomic E-state index is 5.94. The fourth-order valence-corrected chi connectivity index (χ4v) is 1.95. The summed E-state index contributed by atoms with van der Waals surface area (Å²) in [6, 6.07) is 7.39. The van der Waals surface area contributed by atoms with E-state index in [1.54, 1.807) is 12.3 Å². The van der Waals surface area contributed by atoms with Gasteiger partial charge in [0.2, 0.25) is 0 Å². The van der Waals surface area contributed by atoms with Gasteiger partial charge < -0.3 is 10.7 Å². The maximum absolute atomic E-state index is 5.94. The molecule has 0 fully saturated rings.